The largest absolute Gasteiger partial charge is 0.315 e. The Bertz CT molecular complexity index is 841. The molecule has 3 rings (SSSR count). The number of carbonyl (C=O) groups is 2. The second kappa shape index (κ2) is 7.33. The van der Waals surface area contributed by atoms with Crippen LogP contribution in [0.15, 0.2) is 40.9 Å². The molecule has 1 aliphatic rings. The summed E-state index contributed by atoms with van der Waals surface area (Å²) in [5.41, 5.74) is 5.33. The average Bonchev–Trinajstić information content (AvgIpc) is 2.59. The van der Waals surface area contributed by atoms with Crippen LogP contribution >= 0.6 is 15.9 Å². The van der Waals surface area contributed by atoms with E-state index >= 15 is 0 Å². The van der Waals surface area contributed by atoms with Crippen molar-refractivity contribution in [1.29, 1.82) is 0 Å². The van der Waals surface area contributed by atoms with Crippen LogP contribution in [0.1, 0.15) is 27.9 Å². The predicted octanol–water partition coefficient (Wildman–Crippen LogP) is 3.36. The molecule has 25 heavy (non-hydrogen) atoms. The molecule has 0 saturated heterocycles. The van der Waals surface area contributed by atoms with Crippen molar-refractivity contribution in [3.8, 4) is 0 Å². The molecule has 5 nitrogen and oxygen atoms in total. The number of hydrogen-bond donors (Lipinski definition) is 1. The van der Waals surface area contributed by atoms with Crippen molar-refractivity contribution >= 4 is 33.4 Å². The molecule has 1 aliphatic heterocycles. The number of rotatable bonds is 4. The molecular weight excluding hydrogens is 391 g/mol. The van der Waals surface area contributed by atoms with Crippen molar-refractivity contribution in [2.24, 2.45) is 0 Å². The molecule has 0 aliphatic carbocycles. The van der Waals surface area contributed by atoms with Crippen LogP contribution < -0.4 is 10.4 Å². The highest BCUT2D eigenvalue weighted by Crippen LogP contribution is 2.27. The van der Waals surface area contributed by atoms with E-state index in [0.29, 0.717) is 28.4 Å². The number of fused-ring (bicyclic) bond motifs is 1. The maximum atomic E-state index is 13.0. The number of benzene rings is 2. The molecule has 1 heterocycles. The van der Waals surface area contributed by atoms with Crippen molar-refractivity contribution < 1.29 is 18.8 Å². The Morgan fingerprint density at radius 1 is 1.28 bits per heavy atom. The summed E-state index contributed by atoms with van der Waals surface area (Å²) < 4.78 is 13.6. The number of halogens is 2. The summed E-state index contributed by atoms with van der Waals surface area (Å²) in [7, 11) is 1.73. The van der Waals surface area contributed by atoms with Gasteiger partial charge in [0.15, 0.2) is 0 Å². The molecule has 0 fully saturated rings. The molecule has 0 bridgehead atoms. The lowest BCUT2D eigenvalue weighted by atomic mass is 9.99. The molecule has 2 aromatic carbocycles. The minimum absolute atomic E-state index is 0.0675. The molecule has 0 saturated carbocycles. The topological polar surface area (TPSA) is 58.6 Å². The molecular formula is C18H16BrFN2O3. The highest BCUT2D eigenvalue weighted by atomic mass is 79.9. The number of aryl methyl sites for hydroxylation is 1. The van der Waals surface area contributed by atoms with Gasteiger partial charge in [-0.25, -0.2) is 9.87 Å². The van der Waals surface area contributed by atoms with Gasteiger partial charge in [-0.05, 0) is 47.9 Å². The van der Waals surface area contributed by atoms with E-state index in [1.54, 1.807) is 36.2 Å². The average molecular weight is 407 g/mol. The molecule has 0 unspecified atom stereocenters. The highest BCUT2D eigenvalue weighted by molar-refractivity contribution is 9.10. The van der Waals surface area contributed by atoms with E-state index < -0.39 is 0 Å². The van der Waals surface area contributed by atoms with Crippen LogP contribution in [0.25, 0.3) is 0 Å². The SMILES string of the molecule is CN1C(=O)CCc2cc(C(=O)NOCc3ccc(F)cc3Br)ccc21. The lowest BCUT2D eigenvalue weighted by molar-refractivity contribution is -0.118. The Kier molecular flexibility index (Phi) is 5.15. The second-order valence-electron chi connectivity index (χ2n) is 5.75. The first-order valence-electron chi connectivity index (χ1n) is 7.71. The molecule has 130 valence electrons. The lowest BCUT2D eigenvalue weighted by Gasteiger charge is -2.26. The van der Waals surface area contributed by atoms with E-state index in [4.69, 9.17) is 4.84 Å². The third-order valence-electron chi connectivity index (χ3n) is 4.09. The Morgan fingerprint density at radius 3 is 2.84 bits per heavy atom. The summed E-state index contributed by atoms with van der Waals surface area (Å²) in [5.74, 6) is -0.657. The first kappa shape index (κ1) is 17.6. The number of hydrogen-bond acceptors (Lipinski definition) is 3. The van der Waals surface area contributed by atoms with E-state index in [1.807, 2.05) is 0 Å². The van der Waals surface area contributed by atoms with Crippen LogP contribution in [-0.2, 0) is 22.7 Å². The van der Waals surface area contributed by atoms with Crippen LogP contribution in [0.5, 0.6) is 0 Å². The molecule has 0 radical (unpaired) electrons. The van der Waals surface area contributed by atoms with E-state index in [9.17, 15) is 14.0 Å². The number of nitrogens with zero attached hydrogens (tertiary/aromatic N) is 1. The second-order valence-corrected chi connectivity index (χ2v) is 6.61. The molecule has 7 heteroatoms. The van der Waals surface area contributed by atoms with Gasteiger partial charge in [-0.2, -0.15) is 0 Å². The lowest BCUT2D eigenvalue weighted by Crippen LogP contribution is -2.31. The number of nitrogens with one attached hydrogen (secondary N) is 1. The normalized spacial score (nSPS) is 13.6. The van der Waals surface area contributed by atoms with Crippen molar-refractivity contribution in [2.75, 3.05) is 11.9 Å². The molecule has 0 aromatic heterocycles. The molecule has 0 spiro atoms. The smallest absolute Gasteiger partial charge is 0.274 e. The van der Waals surface area contributed by atoms with Gasteiger partial charge in [0.1, 0.15) is 12.4 Å². The third kappa shape index (κ3) is 3.88. The van der Waals surface area contributed by atoms with Gasteiger partial charge >= 0.3 is 0 Å². The number of hydroxylamine groups is 1. The quantitative estimate of drug-likeness (QED) is 0.791. The first-order chi connectivity index (χ1) is 12.0. The maximum Gasteiger partial charge on any atom is 0.274 e. The Balaban J connectivity index is 1.63. The van der Waals surface area contributed by atoms with E-state index in [1.165, 1.54) is 12.1 Å². The molecule has 0 atom stereocenters. The standard InChI is InChI=1S/C18H16BrFN2O3/c1-22-16-6-3-12(8-11(16)4-7-17(22)23)18(24)21-25-10-13-2-5-14(20)9-15(13)19/h2-3,5-6,8-9H,4,7,10H2,1H3,(H,21,24). The fourth-order valence-corrected chi connectivity index (χ4v) is 3.14. The van der Waals surface area contributed by atoms with Gasteiger partial charge in [-0.3, -0.25) is 14.4 Å². The van der Waals surface area contributed by atoms with Gasteiger partial charge in [0.2, 0.25) is 5.91 Å². The van der Waals surface area contributed by atoms with E-state index in [-0.39, 0.29) is 24.2 Å². The van der Waals surface area contributed by atoms with Crippen LogP contribution in [0.4, 0.5) is 10.1 Å². The van der Waals surface area contributed by atoms with Gasteiger partial charge in [0.05, 0.1) is 0 Å². The Hall–Kier alpha value is -2.25. The zero-order chi connectivity index (χ0) is 18.0. The summed E-state index contributed by atoms with van der Waals surface area (Å²) in [6, 6.07) is 9.43. The van der Waals surface area contributed by atoms with E-state index in [0.717, 1.165) is 11.3 Å². The zero-order valence-corrected chi connectivity index (χ0v) is 15.1. The molecule has 1 N–H and O–H groups in total. The van der Waals surface area contributed by atoms with Crippen molar-refractivity contribution in [1.82, 2.24) is 5.48 Å². The summed E-state index contributed by atoms with van der Waals surface area (Å²) in [4.78, 5) is 30.7. The minimum atomic E-state index is -0.374. The van der Waals surface area contributed by atoms with Crippen molar-refractivity contribution in [3.63, 3.8) is 0 Å². The van der Waals surface area contributed by atoms with Crippen molar-refractivity contribution in [3.05, 3.63) is 63.4 Å². The van der Waals surface area contributed by atoms with Crippen LogP contribution in [0.3, 0.4) is 0 Å². The maximum absolute atomic E-state index is 13.0. The fraction of sp³-hybridized carbons (Fsp3) is 0.222. The summed E-state index contributed by atoms with van der Waals surface area (Å²) in [5, 5.41) is 0. The summed E-state index contributed by atoms with van der Waals surface area (Å²) in [6.07, 6.45) is 1.05. The minimum Gasteiger partial charge on any atom is -0.315 e. The zero-order valence-electron chi connectivity index (χ0n) is 13.5. The summed E-state index contributed by atoms with van der Waals surface area (Å²) >= 11 is 3.25. The molecule has 2 aromatic rings. The highest BCUT2D eigenvalue weighted by Gasteiger charge is 2.21. The van der Waals surface area contributed by atoms with E-state index in [2.05, 4.69) is 21.4 Å². The van der Waals surface area contributed by atoms with Crippen molar-refractivity contribution in [2.45, 2.75) is 19.4 Å². The van der Waals surface area contributed by atoms with Gasteiger partial charge in [-0.1, -0.05) is 22.0 Å². The summed E-state index contributed by atoms with van der Waals surface area (Å²) in [6.45, 7) is 0.106. The van der Waals surface area contributed by atoms with Crippen LogP contribution in [-0.4, -0.2) is 18.9 Å². The number of anilines is 1. The molecule has 2 amide bonds. The third-order valence-corrected chi connectivity index (χ3v) is 4.83. The number of amides is 2. The Labute approximate surface area is 152 Å². The van der Waals surface area contributed by atoms with Crippen LogP contribution in [0, 0.1) is 5.82 Å². The van der Waals surface area contributed by atoms with Gasteiger partial charge in [-0.15, -0.1) is 0 Å². The van der Waals surface area contributed by atoms with Gasteiger partial charge < -0.3 is 4.90 Å². The predicted molar refractivity (Wildman–Crippen MR) is 94.5 cm³/mol. The van der Waals surface area contributed by atoms with Gasteiger partial charge in [0, 0.05) is 29.2 Å². The number of carbonyl (C=O) groups excluding carboxylic acids is 2. The van der Waals surface area contributed by atoms with Crippen LogP contribution in [0.2, 0.25) is 0 Å². The van der Waals surface area contributed by atoms with Gasteiger partial charge in [0.25, 0.3) is 5.91 Å². The first-order valence-corrected chi connectivity index (χ1v) is 8.50. The monoisotopic (exact) mass is 406 g/mol. The Morgan fingerprint density at radius 2 is 2.08 bits per heavy atom. The fourth-order valence-electron chi connectivity index (χ4n) is 2.67.